The number of halogens is 1. The molecule has 0 spiro atoms. The van der Waals surface area contributed by atoms with Crippen LogP contribution in [0.5, 0.6) is 0 Å². The fourth-order valence-electron chi connectivity index (χ4n) is 2.53. The molecule has 4 aromatic rings. The molecule has 8 heteroatoms. The summed E-state index contributed by atoms with van der Waals surface area (Å²) in [4.78, 5) is 19.8. The lowest BCUT2D eigenvalue weighted by molar-refractivity contribution is 0.0697. The Hall–Kier alpha value is -3.06. The van der Waals surface area contributed by atoms with Gasteiger partial charge in [0.1, 0.15) is 0 Å². The SMILES string of the molecule is Cc1ccc(Cl)cc1Nc1nc2nc3cc(C(=O)O)ccc3n2[nH]1. The van der Waals surface area contributed by atoms with Gasteiger partial charge in [-0.2, -0.15) is 4.98 Å². The lowest BCUT2D eigenvalue weighted by atomic mass is 10.2. The van der Waals surface area contributed by atoms with Crippen molar-refractivity contribution in [1.82, 2.24) is 19.6 Å². The van der Waals surface area contributed by atoms with Crippen LogP contribution in [-0.2, 0) is 0 Å². The molecule has 0 saturated carbocycles. The Labute approximate surface area is 140 Å². The maximum atomic E-state index is 11.0. The van der Waals surface area contributed by atoms with Crippen LogP contribution in [-0.4, -0.2) is 30.7 Å². The molecule has 0 aliphatic rings. The molecule has 24 heavy (non-hydrogen) atoms. The largest absolute Gasteiger partial charge is 0.478 e. The summed E-state index contributed by atoms with van der Waals surface area (Å²) in [6.07, 6.45) is 0. The molecule has 0 radical (unpaired) electrons. The highest BCUT2D eigenvalue weighted by atomic mass is 35.5. The van der Waals surface area contributed by atoms with Crippen molar-refractivity contribution in [3.05, 3.63) is 52.5 Å². The number of aryl methyl sites for hydroxylation is 1. The summed E-state index contributed by atoms with van der Waals surface area (Å²) in [5.74, 6) is -0.0119. The van der Waals surface area contributed by atoms with Gasteiger partial charge in [0, 0.05) is 10.7 Å². The molecule has 0 fully saturated rings. The highest BCUT2D eigenvalue weighted by Gasteiger charge is 2.12. The average molecular weight is 342 g/mol. The summed E-state index contributed by atoms with van der Waals surface area (Å²) >= 11 is 6.02. The van der Waals surface area contributed by atoms with Crippen LogP contribution in [0.4, 0.5) is 11.6 Å². The molecule has 120 valence electrons. The number of hydrogen-bond acceptors (Lipinski definition) is 4. The Morgan fingerprint density at radius 3 is 2.88 bits per heavy atom. The maximum absolute atomic E-state index is 11.0. The first-order chi connectivity index (χ1) is 11.5. The molecule has 3 N–H and O–H groups in total. The lowest BCUT2D eigenvalue weighted by Gasteiger charge is -2.06. The van der Waals surface area contributed by atoms with Gasteiger partial charge < -0.3 is 10.4 Å². The smallest absolute Gasteiger partial charge is 0.335 e. The Balaban J connectivity index is 1.76. The molecular formula is C16H12ClN5O2. The number of carboxylic acids is 1. The molecule has 0 atom stereocenters. The molecule has 0 amide bonds. The molecule has 2 heterocycles. The zero-order valence-electron chi connectivity index (χ0n) is 12.5. The molecule has 0 aliphatic carbocycles. The van der Waals surface area contributed by atoms with E-state index in [-0.39, 0.29) is 5.56 Å². The minimum absolute atomic E-state index is 0.191. The number of aromatic nitrogens is 4. The van der Waals surface area contributed by atoms with Crippen molar-refractivity contribution in [3.63, 3.8) is 0 Å². The number of fused-ring (bicyclic) bond motifs is 3. The summed E-state index contributed by atoms with van der Waals surface area (Å²) in [6, 6.07) is 10.3. The lowest BCUT2D eigenvalue weighted by Crippen LogP contribution is -1.97. The predicted molar refractivity (Wildman–Crippen MR) is 91.3 cm³/mol. The van der Waals surface area contributed by atoms with E-state index in [0.717, 1.165) is 16.8 Å². The quantitative estimate of drug-likeness (QED) is 0.529. The number of aromatic amines is 1. The second-order valence-corrected chi connectivity index (χ2v) is 5.85. The van der Waals surface area contributed by atoms with Crippen LogP contribution in [0.15, 0.2) is 36.4 Å². The second kappa shape index (κ2) is 5.24. The van der Waals surface area contributed by atoms with E-state index in [4.69, 9.17) is 16.7 Å². The first kappa shape index (κ1) is 14.5. The van der Waals surface area contributed by atoms with Crippen LogP contribution in [0.1, 0.15) is 15.9 Å². The number of anilines is 2. The van der Waals surface area contributed by atoms with Gasteiger partial charge in [0.05, 0.1) is 16.6 Å². The Bertz CT molecular complexity index is 1100. The minimum Gasteiger partial charge on any atom is -0.478 e. The van der Waals surface area contributed by atoms with E-state index in [9.17, 15) is 4.79 Å². The number of hydrogen-bond donors (Lipinski definition) is 3. The zero-order valence-corrected chi connectivity index (χ0v) is 13.3. The molecule has 7 nitrogen and oxygen atoms in total. The Kier molecular flexibility index (Phi) is 3.17. The third-order valence-corrected chi connectivity index (χ3v) is 4.00. The van der Waals surface area contributed by atoms with Gasteiger partial charge in [-0.1, -0.05) is 17.7 Å². The van der Waals surface area contributed by atoms with Gasteiger partial charge >= 0.3 is 5.97 Å². The number of benzene rings is 2. The number of imidazole rings is 1. The summed E-state index contributed by atoms with van der Waals surface area (Å²) in [7, 11) is 0. The van der Waals surface area contributed by atoms with Crippen LogP contribution >= 0.6 is 11.6 Å². The van der Waals surface area contributed by atoms with Crippen molar-refractivity contribution in [1.29, 1.82) is 0 Å². The van der Waals surface area contributed by atoms with E-state index in [0.29, 0.717) is 22.3 Å². The number of nitrogens with zero attached hydrogens (tertiary/aromatic N) is 3. The zero-order chi connectivity index (χ0) is 16.8. The van der Waals surface area contributed by atoms with Gasteiger partial charge in [0.25, 0.3) is 5.78 Å². The average Bonchev–Trinajstić information content (AvgIpc) is 3.07. The Morgan fingerprint density at radius 2 is 2.08 bits per heavy atom. The molecule has 0 unspecified atom stereocenters. The van der Waals surface area contributed by atoms with Crippen molar-refractivity contribution >= 4 is 46.0 Å². The van der Waals surface area contributed by atoms with Crippen molar-refractivity contribution in [2.75, 3.05) is 5.32 Å². The number of rotatable bonds is 3. The predicted octanol–water partition coefficient (Wildman–Crippen LogP) is 3.61. The van der Waals surface area contributed by atoms with Crippen molar-refractivity contribution < 1.29 is 9.90 Å². The highest BCUT2D eigenvalue weighted by Crippen LogP contribution is 2.24. The van der Waals surface area contributed by atoms with Crippen LogP contribution in [0, 0.1) is 6.92 Å². The van der Waals surface area contributed by atoms with Crippen LogP contribution in [0.2, 0.25) is 5.02 Å². The first-order valence-electron chi connectivity index (χ1n) is 7.16. The topological polar surface area (TPSA) is 95.3 Å². The third kappa shape index (κ3) is 2.35. The standard InChI is InChI=1S/C16H12ClN5O2/c1-8-2-4-10(17)7-11(8)18-15-20-16-19-12-6-9(14(23)24)3-5-13(12)22(16)21-15/h2-7H,1H3,(H,23,24)(H2,18,19,20,21). The summed E-state index contributed by atoms with van der Waals surface area (Å²) < 4.78 is 1.70. The van der Waals surface area contributed by atoms with Gasteiger partial charge in [-0.05, 0) is 42.8 Å². The Morgan fingerprint density at radius 1 is 1.25 bits per heavy atom. The van der Waals surface area contributed by atoms with Crippen LogP contribution in [0.25, 0.3) is 16.8 Å². The van der Waals surface area contributed by atoms with Crippen molar-refractivity contribution in [3.8, 4) is 0 Å². The van der Waals surface area contributed by atoms with Gasteiger partial charge in [0.15, 0.2) is 0 Å². The first-order valence-corrected chi connectivity index (χ1v) is 7.54. The number of H-pyrrole nitrogens is 1. The van der Waals surface area contributed by atoms with E-state index in [2.05, 4.69) is 20.4 Å². The van der Waals surface area contributed by atoms with Gasteiger partial charge in [-0.3, -0.25) is 5.10 Å². The van der Waals surface area contributed by atoms with Gasteiger partial charge in [0.2, 0.25) is 5.95 Å². The number of carboxylic acid groups (broad SMARTS) is 1. The summed E-state index contributed by atoms with van der Waals surface area (Å²) in [5.41, 5.74) is 3.38. The summed E-state index contributed by atoms with van der Waals surface area (Å²) in [6.45, 7) is 1.97. The van der Waals surface area contributed by atoms with Crippen molar-refractivity contribution in [2.45, 2.75) is 6.92 Å². The number of aromatic carboxylic acids is 1. The molecule has 2 aromatic heterocycles. The van der Waals surface area contributed by atoms with Crippen LogP contribution < -0.4 is 5.32 Å². The second-order valence-electron chi connectivity index (χ2n) is 5.41. The monoisotopic (exact) mass is 341 g/mol. The highest BCUT2D eigenvalue weighted by molar-refractivity contribution is 6.30. The van der Waals surface area contributed by atoms with E-state index >= 15 is 0 Å². The van der Waals surface area contributed by atoms with E-state index < -0.39 is 5.97 Å². The normalized spacial score (nSPS) is 11.2. The van der Waals surface area contributed by atoms with Gasteiger partial charge in [-0.25, -0.2) is 14.3 Å². The fraction of sp³-hybridized carbons (Fsp3) is 0.0625. The van der Waals surface area contributed by atoms with Gasteiger partial charge in [-0.15, -0.1) is 0 Å². The molecule has 0 bridgehead atoms. The fourth-order valence-corrected chi connectivity index (χ4v) is 2.70. The van der Waals surface area contributed by atoms with Crippen LogP contribution in [0.3, 0.4) is 0 Å². The maximum Gasteiger partial charge on any atom is 0.335 e. The third-order valence-electron chi connectivity index (χ3n) is 3.77. The molecule has 0 aliphatic heterocycles. The number of carbonyl (C=O) groups is 1. The van der Waals surface area contributed by atoms with E-state index in [1.54, 1.807) is 10.6 Å². The number of nitrogens with one attached hydrogen (secondary N) is 2. The molecule has 0 saturated heterocycles. The molecular weight excluding hydrogens is 330 g/mol. The minimum atomic E-state index is -0.986. The van der Waals surface area contributed by atoms with E-state index in [1.165, 1.54) is 12.1 Å². The molecule has 4 rings (SSSR count). The summed E-state index contributed by atoms with van der Waals surface area (Å²) in [5, 5.41) is 16.0. The van der Waals surface area contributed by atoms with E-state index in [1.807, 2.05) is 25.1 Å². The van der Waals surface area contributed by atoms with Crippen molar-refractivity contribution in [2.24, 2.45) is 0 Å². The molecule has 2 aromatic carbocycles.